The Bertz CT molecular complexity index is 419. The van der Waals surface area contributed by atoms with Crippen LogP contribution in [0.15, 0.2) is 6.20 Å². The molecule has 1 aliphatic heterocycles. The maximum atomic E-state index is 11.3. The fourth-order valence-electron chi connectivity index (χ4n) is 1.95. The third kappa shape index (κ3) is 1.98. The normalized spacial score (nSPS) is 32.9. The lowest BCUT2D eigenvalue weighted by Gasteiger charge is -2.13. The summed E-state index contributed by atoms with van der Waals surface area (Å²) in [5.74, 6) is -0.241. The van der Waals surface area contributed by atoms with Crippen LogP contribution in [0.1, 0.15) is 29.1 Å². The first kappa shape index (κ1) is 12.2. The predicted octanol–water partition coefficient (Wildman–Crippen LogP) is -1.23. The van der Waals surface area contributed by atoms with Crippen LogP contribution in [-0.4, -0.2) is 56.2 Å². The molecule has 0 radical (unpaired) electrons. The van der Waals surface area contributed by atoms with E-state index < -0.39 is 31.0 Å². The Labute approximate surface area is 97.0 Å². The van der Waals surface area contributed by atoms with E-state index in [9.17, 15) is 15.0 Å². The number of hydrogen-bond donors (Lipinski definition) is 4. The number of carbonyl (C=O) groups excluding carboxylic acids is 1. The maximum absolute atomic E-state index is 11.3. The van der Waals surface area contributed by atoms with Gasteiger partial charge in [0.1, 0.15) is 30.1 Å². The number of ketones is 1. The van der Waals surface area contributed by atoms with E-state index in [2.05, 4.69) is 10.2 Å². The van der Waals surface area contributed by atoms with Crippen molar-refractivity contribution in [3.63, 3.8) is 0 Å². The van der Waals surface area contributed by atoms with Gasteiger partial charge in [0.15, 0.2) is 5.78 Å². The van der Waals surface area contributed by atoms with E-state index in [0.29, 0.717) is 5.56 Å². The minimum atomic E-state index is -1.19. The molecule has 1 fully saturated rings. The number of H-pyrrole nitrogens is 1. The van der Waals surface area contributed by atoms with Crippen LogP contribution >= 0.6 is 0 Å². The number of rotatable bonds is 3. The number of aliphatic hydroxyl groups is 3. The van der Waals surface area contributed by atoms with E-state index in [1.54, 1.807) is 0 Å². The molecular weight excluding hydrogens is 228 g/mol. The molecule has 0 bridgehead atoms. The van der Waals surface area contributed by atoms with Gasteiger partial charge in [0.05, 0.1) is 12.8 Å². The molecule has 0 amide bonds. The summed E-state index contributed by atoms with van der Waals surface area (Å²) >= 11 is 0. The molecule has 7 heteroatoms. The van der Waals surface area contributed by atoms with Gasteiger partial charge in [0.25, 0.3) is 0 Å². The first-order valence-corrected chi connectivity index (χ1v) is 5.23. The molecule has 0 aliphatic carbocycles. The number of aromatic amines is 1. The van der Waals surface area contributed by atoms with Crippen LogP contribution in [0.5, 0.6) is 0 Å². The average molecular weight is 242 g/mol. The Hall–Kier alpha value is -1.28. The number of hydrogen-bond acceptors (Lipinski definition) is 6. The van der Waals surface area contributed by atoms with Crippen LogP contribution in [-0.2, 0) is 4.74 Å². The first-order chi connectivity index (χ1) is 8.06. The highest BCUT2D eigenvalue weighted by molar-refractivity contribution is 5.93. The van der Waals surface area contributed by atoms with Crippen molar-refractivity contribution >= 4 is 5.78 Å². The summed E-state index contributed by atoms with van der Waals surface area (Å²) in [6.45, 7) is 0.959. The van der Waals surface area contributed by atoms with Crippen molar-refractivity contribution in [2.75, 3.05) is 6.61 Å². The molecule has 7 nitrogen and oxygen atoms in total. The largest absolute Gasteiger partial charge is 0.394 e. The van der Waals surface area contributed by atoms with Crippen molar-refractivity contribution in [1.82, 2.24) is 10.2 Å². The van der Waals surface area contributed by atoms with Gasteiger partial charge in [-0.15, -0.1) is 0 Å². The summed E-state index contributed by atoms with van der Waals surface area (Å²) in [5.41, 5.74) is 0.625. The molecule has 2 heterocycles. The third-order valence-corrected chi connectivity index (χ3v) is 2.87. The van der Waals surface area contributed by atoms with Crippen molar-refractivity contribution in [1.29, 1.82) is 0 Å². The minimum Gasteiger partial charge on any atom is -0.394 e. The van der Waals surface area contributed by atoms with Crippen molar-refractivity contribution in [3.8, 4) is 0 Å². The third-order valence-electron chi connectivity index (χ3n) is 2.87. The number of nitrogens with one attached hydrogen (secondary N) is 1. The molecular formula is C10H14N2O5. The lowest BCUT2D eigenvalue weighted by Crippen LogP contribution is -2.32. The van der Waals surface area contributed by atoms with E-state index in [0.717, 1.165) is 0 Å². The number of nitrogens with zero attached hydrogens (tertiary/aromatic N) is 1. The summed E-state index contributed by atoms with van der Waals surface area (Å²) in [6, 6.07) is 0. The second-order valence-corrected chi connectivity index (χ2v) is 4.02. The van der Waals surface area contributed by atoms with Crippen molar-refractivity contribution in [3.05, 3.63) is 17.5 Å². The molecule has 0 unspecified atom stereocenters. The predicted molar refractivity (Wildman–Crippen MR) is 55.3 cm³/mol. The molecule has 1 aromatic rings. The van der Waals surface area contributed by atoms with Gasteiger partial charge in [-0.3, -0.25) is 9.89 Å². The monoisotopic (exact) mass is 242 g/mol. The average Bonchev–Trinajstić information content (AvgIpc) is 2.86. The van der Waals surface area contributed by atoms with Gasteiger partial charge in [0, 0.05) is 12.5 Å². The molecule has 17 heavy (non-hydrogen) atoms. The number of Topliss-reactive ketones (excluding diaryl/α,β-unsaturated/α-hetero) is 1. The molecule has 1 aromatic heterocycles. The first-order valence-electron chi connectivity index (χ1n) is 5.23. The van der Waals surface area contributed by atoms with Crippen LogP contribution in [0.2, 0.25) is 0 Å². The number of aliphatic hydroxyl groups excluding tert-OH is 3. The number of carbonyl (C=O) groups is 1. The zero-order valence-corrected chi connectivity index (χ0v) is 9.20. The second kappa shape index (κ2) is 4.53. The van der Waals surface area contributed by atoms with Gasteiger partial charge >= 0.3 is 0 Å². The zero-order valence-electron chi connectivity index (χ0n) is 9.20. The van der Waals surface area contributed by atoms with E-state index in [-0.39, 0.29) is 11.5 Å². The van der Waals surface area contributed by atoms with Gasteiger partial charge in [-0.1, -0.05) is 0 Å². The zero-order chi connectivity index (χ0) is 12.6. The number of aromatic nitrogens is 2. The summed E-state index contributed by atoms with van der Waals surface area (Å²) in [4.78, 5) is 11.3. The molecule has 2 rings (SSSR count). The van der Waals surface area contributed by atoms with Crippen LogP contribution < -0.4 is 0 Å². The summed E-state index contributed by atoms with van der Waals surface area (Å²) in [6.07, 6.45) is -2.72. The van der Waals surface area contributed by atoms with Crippen LogP contribution in [0, 0.1) is 0 Å². The topological polar surface area (TPSA) is 116 Å². The quantitative estimate of drug-likeness (QED) is 0.493. The van der Waals surface area contributed by atoms with Crippen LogP contribution in [0.3, 0.4) is 0 Å². The standard InChI is InChI=1S/C10H14N2O5/c1-4(14)7-5(2-11-12-7)10-9(16)8(15)6(3-13)17-10/h2,6,8-10,13,15-16H,3H2,1H3,(H,11,12)/t6-,8-,9-,10+/m1/s1. The molecule has 0 saturated carbocycles. The van der Waals surface area contributed by atoms with Gasteiger partial charge in [-0.25, -0.2) is 0 Å². The van der Waals surface area contributed by atoms with Crippen molar-refractivity contribution in [2.45, 2.75) is 31.3 Å². The second-order valence-electron chi connectivity index (χ2n) is 4.02. The van der Waals surface area contributed by atoms with E-state index >= 15 is 0 Å². The summed E-state index contributed by atoms with van der Waals surface area (Å²) in [7, 11) is 0. The molecule has 0 aromatic carbocycles. The Morgan fingerprint density at radius 1 is 1.53 bits per heavy atom. The molecule has 0 spiro atoms. The van der Waals surface area contributed by atoms with E-state index in [4.69, 9.17) is 9.84 Å². The van der Waals surface area contributed by atoms with E-state index in [1.165, 1.54) is 13.1 Å². The number of ether oxygens (including phenoxy) is 1. The van der Waals surface area contributed by atoms with Crippen molar-refractivity contribution in [2.24, 2.45) is 0 Å². The fourth-order valence-corrected chi connectivity index (χ4v) is 1.95. The van der Waals surface area contributed by atoms with Gasteiger partial charge in [0.2, 0.25) is 0 Å². The maximum Gasteiger partial charge on any atom is 0.177 e. The lowest BCUT2D eigenvalue weighted by molar-refractivity contribution is -0.0229. The molecule has 94 valence electrons. The Morgan fingerprint density at radius 2 is 2.24 bits per heavy atom. The molecule has 4 N–H and O–H groups in total. The smallest absolute Gasteiger partial charge is 0.177 e. The van der Waals surface area contributed by atoms with E-state index in [1.807, 2.05) is 0 Å². The molecule has 4 atom stereocenters. The Morgan fingerprint density at radius 3 is 2.76 bits per heavy atom. The fraction of sp³-hybridized carbons (Fsp3) is 0.600. The van der Waals surface area contributed by atoms with Gasteiger partial charge in [-0.2, -0.15) is 5.10 Å². The Kier molecular flexibility index (Phi) is 3.25. The van der Waals surface area contributed by atoms with Gasteiger partial charge < -0.3 is 20.1 Å². The van der Waals surface area contributed by atoms with Crippen molar-refractivity contribution < 1.29 is 24.9 Å². The molecule has 1 aliphatic rings. The summed E-state index contributed by atoms with van der Waals surface area (Å²) < 4.78 is 5.31. The SMILES string of the molecule is CC(=O)c1[nH]ncc1[C@@H]1O[C@H](CO)[C@@H](O)[C@H]1O. The molecule has 1 saturated heterocycles. The highest BCUT2D eigenvalue weighted by Crippen LogP contribution is 2.34. The Balaban J connectivity index is 2.29. The van der Waals surface area contributed by atoms with Crippen LogP contribution in [0.4, 0.5) is 0 Å². The van der Waals surface area contributed by atoms with Crippen LogP contribution in [0.25, 0.3) is 0 Å². The lowest BCUT2D eigenvalue weighted by atomic mass is 10.0. The summed E-state index contributed by atoms with van der Waals surface area (Å²) in [5, 5.41) is 34.6. The minimum absolute atomic E-state index is 0.236. The highest BCUT2D eigenvalue weighted by Gasteiger charge is 2.44. The van der Waals surface area contributed by atoms with Gasteiger partial charge in [-0.05, 0) is 0 Å². The highest BCUT2D eigenvalue weighted by atomic mass is 16.6.